The Labute approximate surface area is 149 Å². The summed E-state index contributed by atoms with van der Waals surface area (Å²) in [7, 11) is 1.40. The largest absolute Gasteiger partial charge is 0.462 e. The van der Waals surface area contributed by atoms with E-state index in [1.807, 2.05) is 0 Å². The van der Waals surface area contributed by atoms with E-state index in [9.17, 15) is 19.2 Å². The van der Waals surface area contributed by atoms with Gasteiger partial charge in [0.1, 0.15) is 0 Å². The number of anilines is 1. The monoisotopic (exact) mass is 352 g/mol. The number of amides is 3. The number of benzene rings is 2. The van der Waals surface area contributed by atoms with E-state index in [4.69, 9.17) is 4.74 Å². The Bertz CT molecular complexity index is 918. The van der Waals surface area contributed by atoms with E-state index in [2.05, 4.69) is 5.32 Å². The molecule has 7 heteroatoms. The van der Waals surface area contributed by atoms with E-state index in [0.29, 0.717) is 11.3 Å². The van der Waals surface area contributed by atoms with E-state index in [1.54, 1.807) is 31.2 Å². The summed E-state index contributed by atoms with van der Waals surface area (Å²) in [6.07, 6.45) is 0. The Hall–Kier alpha value is -3.48. The molecule has 0 aliphatic carbocycles. The van der Waals surface area contributed by atoms with Crippen LogP contribution in [0.15, 0.2) is 42.5 Å². The quantitative estimate of drug-likeness (QED) is 0.673. The highest BCUT2D eigenvalue weighted by Crippen LogP contribution is 2.23. The van der Waals surface area contributed by atoms with Gasteiger partial charge in [-0.25, -0.2) is 4.79 Å². The van der Waals surface area contributed by atoms with Crippen molar-refractivity contribution in [3.05, 3.63) is 64.7 Å². The maximum absolute atomic E-state index is 12.4. The van der Waals surface area contributed by atoms with Gasteiger partial charge >= 0.3 is 5.97 Å². The van der Waals surface area contributed by atoms with Crippen LogP contribution in [0.2, 0.25) is 0 Å². The molecule has 0 saturated heterocycles. The predicted molar refractivity (Wildman–Crippen MR) is 93.2 cm³/mol. The average molecular weight is 352 g/mol. The minimum atomic E-state index is -0.434. The maximum Gasteiger partial charge on any atom is 0.338 e. The molecule has 1 aliphatic heterocycles. The number of imide groups is 1. The van der Waals surface area contributed by atoms with Crippen LogP contribution in [0.3, 0.4) is 0 Å². The Morgan fingerprint density at radius 3 is 2.23 bits per heavy atom. The zero-order valence-electron chi connectivity index (χ0n) is 14.2. The first-order valence-electron chi connectivity index (χ1n) is 7.97. The summed E-state index contributed by atoms with van der Waals surface area (Å²) < 4.78 is 4.90. The number of nitrogens with one attached hydrogen (secondary N) is 1. The highest BCUT2D eigenvalue weighted by atomic mass is 16.5. The van der Waals surface area contributed by atoms with Crippen LogP contribution in [-0.4, -0.2) is 42.2 Å². The van der Waals surface area contributed by atoms with E-state index in [1.165, 1.54) is 25.2 Å². The lowest BCUT2D eigenvalue weighted by molar-refractivity contribution is 0.0525. The minimum Gasteiger partial charge on any atom is -0.462 e. The first-order valence-corrected chi connectivity index (χ1v) is 7.97. The molecule has 2 aromatic carbocycles. The summed E-state index contributed by atoms with van der Waals surface area (Å²) in [4.78, 5) is 48.9. The zero-order valence-corrected chi connectivity index (χ0v) is 14.2. The van der Waals surface area contributed by atoms with Gasteiger partial charge in [0.2, 0.25) is 0 Å². The van der Waals surface area contributed by atoms with Crippen molar-refractivity contribution in [1.29, 1.82) is 0 Å². The molecule has 0 radical (unpaired) electrons. The van der Waals surface area contributed by atoms with Gasteiger partial charge in [-0.15, -0.1) is 0 Å². The van der Waals surface area contributed by atoms with Crippen molar-refractivity contribution in [2.45, 2.75) is 6.92 Å². The number of ether oxygens (including phenoxy) is 1. The summed E-state index contributed by atoms with van der Waals surface area (Å²) >= 11 is 0. The summed E-state index contributed by atoms with van der Waals surface area (Å²) in [6.45, 7) is 2.01. The van der Waals surface area contributed by atoms with Gasteiger partial charge in [0.25, 0.3) is 17.7 Å². The lowest BCUT2D eigenvalue weighted by atomic mass is 10.1. The normalized spacial score (nSPS) is 12.8. The molecule has 3 amide bonds. The summed E-state index contributed by atoms with van der Waals surface area (Å²) in [5, 5.41) is 2.68. The molecule has 0 spiro atoms. The van der Waals surface area contributed by atoms with Gasteiger partial charge in [-0.3, -0.25) is 19.3 Å². The summed E-state index contributed by atoms with van der Waals surface area (Å²) in [6, 6.07) is 10.6. The fraction of sp³-hybridized carbons (Fsp3) is 0.158. The average Bonchev–Trinajstić information content (AvgIpc) is 2.86. The second-order valence-electron chi connectivity index (χ2n) is 5.68. The molecular formula is C19H16N2O5. The molecule has 1 aliphatic rings. The second kappa shape index (κ2) is 6.79. The van der Waals surface area contributed by atoms with Gasteiger partial charge in [0.05, 0.1) is 23.3 Å². The number of hydrogen-bond acceptors (Lipinski definition) is 5. The Morgan fingerprint density at radius 1 is 0.962 bits per heavy atom. The molecule has 0 saturated carbocycles. The Morgan fingerprint density at radius 2 is 1.58 bits per heavy atom. The molecule has 1 heterocycles. The Balaban J connectivity index is 1.76. The highest BCUT2D eigenvalue weighted by Gasteiger charge is 2.33. The number of fused-ring (bicyclic) bond motifs is 1. The third-order valence-corrected chi connectivity index (χ3v) is 4.01. The van der Waals surface area contributed by atoms with Crippen molar-refractivity contribution in [1.82, 2.24) is 4.90 Å². The summed E-state index contributed by atoms with van der Waals surface area (Å²) in [5.41, 5.74) is 1.63. The standard InChI is InChI=1S/C19H16N2O5/c1-3-26-19(25)11-4-7-13(8-5-11)20-16(22)12-6-9-14-15(10-12)18(24)21(2)17(14)23/h4-10H,3H2,1-2H3,(H,20,22). The minimum absolute atomic E-state index is 0.211. The van der Waals surface area contributed by atoms with Crippen LogP contribution in [0.5, 0.6) is 0 Å². The van der Waals surface area contributed by atoms with Gasteiger partial charge in [-0.05, 0) is 49.4 Å². The molecule has 26 heavy (non-hydrogen) atoms. The third kappa shape index (κ3) is 3.06. The second-order valence-corrected chi connectivity index (χ2v) is 5.68. The van der Waals surface area contributed by atoms with Crippen molar-refractivity contribution in [2.75, 3.05) is 19.0 Å². The van der Waals surface area contributed by atoms with Crippen LogP contribution in [0.1, 0.15) is 48.4 Å². The van der Waals surface area contributed by atoms with Crippen LogP contribution in [0, 0.1) is 0 Å². The highest BCUT2D eigenvalue weighted by molar-refractivity contribution is 6.22. The molecule has 0 bridgehead atoms. The van der Waals surface area contributed by atoms with Crippen LogP contribution in [0.25, 0.3) is 0 Å². The fourth-order valence-corrected chi connectivity index (χ4v) is 2.61. The molecule has 0 unspecified atom stereocenters. The van der Waals surface area contributed by atoms with Gasteiger partial charge in [0, 0.05) is 18.3 Å². The van der Waals surface area contributed by atoms with Crippen molar-refractivity contribution in [3.8, 4) is 0 Å². The topological polar surface area (TPSA) is 92.8 Å². The number of carbonyl (C=O) groups is 4. The SMILES string of the molecule is CCOC(=O)c1ccc(NC(=O)c2ccc3c(c2)C(=O)N(C)C3=O)cc1. The molecule has 0 aromatic heterocycles. The fourth-order valence-electron chi connectivity index (χ4n) is 2.61. The van der Waals surface area contributed by atoms with Crippen molar-refractivity contribution in [2.24, 2.45) is 0 Å². The van der Waals surface area contributed by atoms with Crippen molar-refractivity contribution >= 4 is 29.4 Å². The van der Waals surface area contributed by atoms with Crippen molar-refractivity contribution in [3.63, 3.8) is 0 Å². The van der Waals surface area contributed by atoms with Crippen LogP contribution >= 0.6 is 0 Å². The molecule has 1 N–H and O–H groups in total. The molecule has 7 nitrogen and oxygen atoms in total. The first kappa shape index (κ1) is 17.3. The summed E-state index contributed by atoms with van der Waals surface area (Å²) in [5.74, 6) is -1.67. The van der Waals surface area contributed by atoms with Gasteiger partial charge < -0.3 is 10.1 Å². The lowest BCUT2D eigenvalue weighted by Crippen LogP contribution is -2.24. The number of rotatable bonds is 4. The number of esters is 1. The Kier molecular flexibility index (Phi) is 4.53. The number of nitrogens with zero attached hydrogens (tertiary/aromatic N) is 1. The third-order valence-electron chi connectivity index (χ3n) is 4.01. The van der Waals surface area contributed by atoms with Gasteiger partial charge in [-0.1, -0.05) is 0 Å². The van der Waals surface area contributed by atoms with Crippen LogP contribution < -0.4 is 5.32 Å². The maximum atomic E-state index is 12.4. The molecule has 132 valence electrons. The van der Waals surface area contributed by atoms with Gasteiger partial charge in [0.15, 0.2) is 0 Å². The van der Waals surface area contributed by atoms with Crippen LogP contribution in [-0.2, 0) is 4.74 Å². The van der Waals surface area contributed by atoms with Crippen molar-refractivity contribution < 1.29 is 23.9 Å². The number of hydrogen-bond donors (Lipinski definition) is 1. The van der Waals surface area contributed by atoms with Gasteiger partial charge in [-0.2, -0.15) is 0 Å². The lowest BCUT2D eigenvalue weighted by Gasteiger charge is -2.07. The number of carbonyl (C=O) groups excluding carboxylic acids is 4. The smallest absolute Gasteiger partial charge is 0.338 e. The molecule has 0 fully saturated rings. The molecule has 0 atom stereocenters. The predicted octanol–water partition coefficient (Wildman–Crippen LogP) is 2.34. The zero-order chi connectivity index (χ0) is 18.8. The van der Waals surface area contributed by atoms with Crippen LogP contribution in [0.4, 0.5) is 5.69 Å². The van der Waals surface area contributed by atoms with E-state index in [0.717, 1.165) is 4.90 Å². The van der Waals surface area contributed by atoms with E-state index < -0.39 is 17.8 Å². The first-order chi connectivity index (χ1) is 12.4. The van der Waals surface area contributed by atoms with E-state index in [-0.39, 0.29) is 29.2 Å². The van der Waals surface area contributed by atoms with E-state index >= 15 is 0 Å². The molecule has 2 aromatic rings. The molecular weight excluding hydrogens is 336 g/mol. The molecule has 3 rings (SSSR count).